The van der Waals surface area contributed by atoms with Crippen LogP contribution < -0.4 is 0 Å². The largest absolute Gasteiger partial charge is 0.335 e. The normalized spacial score (nSPS) is 11.7. The molecule has 8 nitrogen and oxygen atoms in total. The Bertz CT molecular complexity index is 1720. The molecule has 0 saturated carbocycles. The van der Waals surface area contributed by atoms with Gasteiger partial charge in [0.25, 0.3) is 0 Å². The van der Waals surface area contributed by atoms with E-state index in [4.69, 9.17) is 4.98 Å². The predicted octanol–water partition coefficient (Wildman–Crippen LogP) is 4.97. The van der Waals surface area contributed by atoms with Crippen molar-refractivity contribution in [1.82, 2.24) is 40.0 Å². The van der Waals surface area contributed by atoms with Gasteiger partial charge < -0.3 is 9.88 Å². The topological polar surface area (TPSA) is 99.3 Å². The third-order valence-electron chi connectivity index (χ3n) is 5.89. The number of aromatic amines is 2. The van der Waals surface area contributed by atoms with E-state index in [9.17, 15) is 4.39 Å². The average molecular weight is 482 g/mol. The van der Waals surface area contributed by atoms with Crippen LogP contribution in [0.4, 0.5) is 8.78 Å². The zero-order valence-electron chi connectivity index (χ0n) is 19.4. The highest BCUT2D eigenvalue weighted by molar-refractivity contribution is 5.97. The molecule has 0 aliphatic rings. The molecule has 178 valence electrons. The summed E-state index contributed by atoms with van der Waals surface area (Å²) in [6.45, 7) is 0.672. The SMILES string of the molecule is CN(C)Cc1cncc(-c2ncc3[nH]nc(-c4nc5c(-c6ccc(F)cc6)cncc5[nH]4)c3c2F)c1. The lowest BCUT2D eigenvalue weighted by molar-refractivity contribution is 0.402. The van der Waals surface area contributed by atoms with E-state index in [1.54, 1.807) is 43.1 Å². The molecule has 0 saturated heterocycles. The minimum atomic E-state index is -0.516. The van der Waals surface area contributed by atoms with Gasteiger partial charge in [-0.25, -0.2) is 13.8 Å². The number of H-pyrrole nitrogens is 2. The van der Waals surface area contributed by atoms with E-state index in [0.717, 1.165) is 16.7 Å². The zero-order chi connectivity index (χ0) is 24.8. The minimum Gasteiger partial charge on any atom is -0.335 e. The van der Waals surface area contributed by atoms with Gasteiger partial charge in [-0.1, -0.05) is 12.1 Å². The summed E-state index contributed by atoms with van der Waals surface area (Å²) < 4.78 is 29.3. The number of benzene rings is 1. The van der Waals surface area contributed by atoms with E-state index in [1.807, 2.05) is 25.1 Å². The molecule has 2 N–H and O–H groups in total. The Hall–Kier alpha value is -4.57. The molecule has 0 amide bonds. The summed E-state index contributed by atoms with van der Waals surface area (Å²) >= 11 is 0. The maximum Gasteiger partial charge on any atom is 0.161 e. The van der Waals surface area contributed by atoms with Crippen LogP contribution in [0.15, 0.2) is 61.3 Å². The number of imidazole rings is 1. The second kappa shape index (κ2) is 8.58. The Morgan fingerprint density at radius 1 is 0.861 bits per heavy atom. The molecular weight excluding hydrogens is 462 g/mol. The molecule has 0 spiro atoms. The molecule has 6 aromatic rings. The highest BCUT2D eigenvalue weighted by Gasteiger charge is 2.21. The van der Waals surface area contributed by atoms with Crippen molar-refractivity contribution in [3.05, 3.63) is 78.5 Å². The highest BCUT2D eigenvalue weighted by atomic mass is 19.1. The fourth-order valence-corrected chi connectivity index (χ4v) is 4.30. The van der Waals surface area contributed by atoms with Crippen molar-refractivity contribution in [2.75, 3.05) is 14.1 Å². The Morgan fingerprint density at radius 2 is 1.67 bits per heavy atom. The first-order valence-electron chi connectivity index (χ1n) is 11.2. The molecule has 0 aliphatic carbocycles. The van der Waals surface area contributed by atoms with Gasteiger partial charge in [0.1, 0.15) is 17.2 Å². The Balaban J connectivity index is 1.48. The molecule has 0 radical (unpaired) electrons. The van der Waals surface area contributed by atoms with Crippen molar-refractivity contribution in [1.29, 1.82) is 0 Å². The highest BCUT2D eigenvalue weighted by Crippen LogP contribution is 2.34. The summed E-state index contributed by atoms with van der Waals surface area (Å²) in [7, 11) is 3.92. The molecule has 36 heavy (non-hydrogen) atoms. The van der Waals surface area contributed by atoms with Crippen molar-refractivity contribution < 1.29 is 8.78 Å². The third kappa shape index (κ3) is 3.77. The fourth-order valence-electron chi connectivity index (χ4n) is 4.30. The molecular formula is C26H20F2N8. The first-order valence-corrected chi connectivity index (χ1v) is 11.2. The predicted molar refractivity (Wildman–Crippen MR) is 133 cm³/mol. The van der Waals surface area contributed by atoms with Gasteiger partial charge in [0.15, 0.2) is 11.6 Å². The summed E-state index contributed by atoms with van der Waals surface area (Å²) in [5.41, 5.74) is 5.24. The molecule has 0 bridgehead atoms. The number of nitrogens with one attached hydrogen (secondary N) is 2. The molecule has 0 fully saturated rings. The number of hydrogen-bond donors (Lipinski definition) is 2. The smallest absolute Gasteiger partial charge is 0.161 e. The number of halogens is 2. The number of rotatable bonds is 5. The van der Waals surface area contributed by atoms with Crippen LogP contribution in [-0.4, -0.2) is 54.1 Å². The molecule has 0 aliphatic heterocycles. The van der Waals surface area contributed by atoms with E-state index in [-0.39, 0.29) is 16.9 Å². The van der Waals surface area contributed by atoms with Crippen molar-refractivity contribution >= 4 is 21.9 Å². The minimum absolute atomic E-state index is 0.183. The van der Waals surface area contributed by atoms with E-state index >= 15 is 4.39 Å². The van der Waals surface area contributed by atoms with Gasteiger partial charge in [-0.2, -0.15) is 5.10 Å². The summed E-state index contributed by atoms with van der Waals surface area (Å²) in [5, 5.41) is 7.46. The maximum absolute atomic E-state index is 15.9. The van der Waals surface area contributed by atoms with E-state index in [2.05, 4.69) is 30.1 Å². The van der Waals surface area contributed by atoms with Gasteiger partial charge in [0, 0.05) is 36.3 Å². The van der Waals surface area contributed by atoms with Crippen LogP contribution in [0, 0.1) is 11.6 Å². The first-order chi connectivity index (χ1) is 17.5. The van der Waals surface area contributed by atoms with Crippen molar-refractivity contribution in [3.63, 3.8) is 0 Å². The van der Waals surface area contributed by atoms with Crippen LogP contribution in [0.3, 0.4) is 0 Å². The van der Waals surface area contributed by atoms with Gasteiger partial charge >= 0.3 is 0 Å². The van der Waals surface area contributed by atoms with Gasteiger partial charge in [0.2, 0.25) is 0 Å². The molecule has 6 rings (SSSR count). The summed E-state index contributed by atoms with van der Waals surface area (Å²) in [5.74, 6) is -0.465. The number of fused-ring (bicyclic) bond motifs is 2. The second-order valence-electron chi connectivity index (χ2n) is 8.78. The van der Waals surface area contributed by atoms with Gasteiger partial charge in [-0.3, -0.25) is 20.1 Å². The van der Waals surface area contributed by atoms with Crippen LogP contribution in [-0.2, 0) is 6.54 Å². The first kappa shape index (κ1) is 21.9. The monoisotopic (exact) mass is 482 g/mol. The number of nitrogens with zero attached hydrogens (tertiary/aromatic N) is 6. The lowest BCUT2D eigenvalue weighted by Crippen LogP contribution is -2.10. The molecule has 5 heterocycles. The molecule has 5 aromatic heterocycles. The van der Waals surface area contributed by atoms with Crippen molar-refractivity contribution in [2.45, 2.75) is 6.54 Å². The summed E-state index contributed by atoms with van der Waals surface area (Å²) in [4.78, 5) is 22.8. The lowest BCUT2D eigenvalue weighted by atomic mass is 10.1. The Kier molecular flexibility index (Phi) is 5.23. The van der Waals surface area contributed by atoms with Crippen LogP contribution in [0.25, 0.3) is 55.8 Å². The summed E-state index contributed by atoms with van der Waals surface area (Å²) in [6.07, 6.45) is 8.21. The van der Waals surface area contributed by atoms with Gasteiger partial charge in [-0.05, 0) is 43.4 Å². The van der Waals surface area contributed by atoms with Crippen molar-refractivity contribution in [2.24, 2.45) is 0 Å². The third-order valence-corrected chi connectivity index (χ3v) is 5.89. The molecule has 0 atom stereocenters. The van der Waals surface area contributed by atoms with E-state index < -0.39 is 5.82 Å². The van der Waals surface area contributed by atoms with E-state index in [0.29, 0.717) is 40.2 Å². The van der Waals surface area contributed by atoms with Crippen LogP contribution in [0.2, 0.25) is 0 Å². The lowest BCUT2D eigenvalue weighted by Gasteiger charge is -2.10. The van der Waals surface area contributed by atoms with Crippen LogP contribution in [0.5, 0.6) is 0 Å². The summed E-state index contributed by atoms with van der Waals surface area (Å²) in [6, 6.07) is 7.98. The van der Waals surface area contributed by atoms with Gasteiger partial charge in [0.05, 0.1) is 34.3 Å². The quantitative estimate of drug-likeness (QED) is 0.360. The standard InChI is InChI=1S/C26H20F2N8/c1-36(2)13-14-7-16(9-29-8-14)23-22(28)21-19(12-31-23)34-35-25(21)26-32-20-11-30-10-18(24(20)33-26)15-3-5-17(27)6-4-15/h3-12H,13H2,1-2H3,(H,32,33)(H,34,35). The van der Waals surface area contributed by atoms with E-state index in [1.165, 1.54) is 12.1 Å². The number of hydrogen-bond acceptors (Lipinski definition) is 6. The van der Waals surface area contributed by atoms with Crippen molar-refractivity contribution in [3.8, 4) is 33.9 Å². The molecule has 1 aromatic carbocycles. The number of pyridine rings is 3. The van der Waals surface area contributed by atoms with Crippen LogP contribution >= 0.6 is 0 Å². The Labute approximate surface area is 204 Å². The average Bonchev–Trinajstić information content (AvgIpc) is 3.49. The second-order valence-corrected chi connectivity index (χ2v) is 8.78. The van der Waals surface area contributed by atoms with Crippen LogP contribution in [0.1, 0.15) is 5.56 Å². The Morgan fingerprint density at radius 3 is 2.47 bits per heavy atom. The molecule has 10 heteroatoms. The maximum atomic E-state index is 15.9. The zero-order valence-corrected chi connectivity index (χ0v) is 19.4. The fraction of sp³-hybridized carbons (Fsp3) is 0.115. The molecule has 0 unspecified atom stereocenters. The van der Waals surface area contributed by atoms with Gasteiger partial charge in [-0.15, -0.1) is 0 Å². The number of aromatic nitrogens is 7.